The van der Waals surface area contributed by atoms with Gasteiger partial charge in [0.05, 0.1) is 17.7 Å². The van der Waals surface area contributed by atoms with Gasteiger partial charge in [0.25, 0.3) is 11.8 Å². The molecule has 0 saturated carbocycles. The molecule has 0 aliphatic carbocycles. The van der Waals surface area contributed by atoms with E-state index in [0.29, 0.717) is 11.9 Å². The molecule has 1 heterocycles. The molecule has 1 N–H and O–H groups in total. The zero-order valence-electron chi connectivity index (χ0n) is 11.5. The molecule has 1 aliphatic heterocycles. The summed E-state index contributed by atoms with van der Waals surface area (Å²) in [5, 5.41) is 9.57. The first kappa shape index (κ1) is 15.1. The SMILES string of the molecule is CCOC(=O)/C(SN1C(=O)c2ccccc2C1=O)=C(\C)O. The summed E-state index contributed by atoms with van der Waals surface area (Å²) in [5.74, 6) is -2.14. The molecule has 0 fully saturated rings. The minimum atomic E-state index is -0.779. The molecule has 21 heavy (non-hydrogen) atoms. The number of hydrogen-bond donors (Lipinski definition) is 1. The summed E-state index contributed by atoms with van der Waals surface area (Å²) in [4.78, 5) is 35.9. The van der Waals surface area contributed by atoms with Crippen LogP contribution in [0.2, 0.25) is 0 Å². The van der Waals surface area contributed by atoms with Gasteiger partial charge in [-0.3, -0.25) is 9.59 Å². The number of nitrogens with zero attached hydrogens (tertiary/aromatic N) is 1. The molecule has 2 rings (SSSR count). The second-order valence-corrected chi connectivity index (χ2v) is 5.13. The Kier molecular flexibility index (Phi) is 4.32. The fourth-order valence-electron chi connectivity index (χ4n) is 1.79. The molecule has 0 unspecified atom stereocenters. The summed E-state index contributed by atoms with van der Waals surface area (Å²) in [7, 11) is 0. The Morgan fingerprint density at radius 3 is 2.19 bits per heavy atom. The summed E-state index contributed by atoms with van der Waals surface area (Å²) in [6.45, 7) is 3.03. The number of hydrogen-bond acceptors (Lipinski definition) is 6. The molecule has 110 valence electrons. The highest BCUT2D eigenvalue weighted by atomic mass is 32.2. The van der Waals surface area contributed by atoms with Crippen LogP contribution in [0.1, 0.15) is 34.6 Å². The van der Waals surface area contributed by atoms with Crippen molar-refractivity contribution in [2.45, 2.75) is 13.8 Å². The number of aliphatic hydroxyl groups is 1. The predicted octanol–water partition coefficient (Wildman–Crippen LogP) is 2.28. The first-order valence-corrected chi connectivity index (χ1v) is 6.97. The lowest BCUT2D eigenvalue weighted by Gasteiger charge is -2.14. The molecule has 7 heteroatoms. The largest absolute Gasteiger partial charge is 0.511 e. The van der Waals surface area contributed by atoms with Crippen LogP contribution < -0.4 is 0 Å². The highest BCUT2D eigenvalue weighted by Crippen LogP contribution is 2.33. The van der Waals surface area contributed by atoms with Crippen molar-refractivity contribution in [3.8, 4) is 0 Å². The summed E-state index contributed by atoms with van der Waals surface area (Å²) >= 11 is 0.571. The van der Waals surface area contributed by atoms with Gasteiger partial charge >= 0.3 is 5.97 Å². The van der Waals surface area contributed by atoms with Gasteiger partial charge in [-0.2, -0.15) is 0 Å². The van der Waals surface area contributed by atoms with Crippen LogP contribution >= 0.6 is 11.9 Å². The number of allylic oxidation sites excluding steroid dienone is 1. The van der Waals surface area contributed by atoms with Crippen LogP contribution in [-0.2, 0) is 9.53 Å². The van der Waals surface area contributed by atoms with Crippen molar-refractivity contribution < 1.29 is 24.2 Å². The van der Waals surface area contributed by atoms with E-state index in [1.807, 2.05) is 0 Å². The van der Waals surface area contributed by atoms with Crippen molar-refractivity contribution in [1.29, 1.82) is 0 Å². The van der Waals surface area contributed by atoms with Gasteiger partial charge in [-0.1, -0.05) is 12.1 Å². The fraction of sp³-hybridized carbons (Fsp3) is 0.214. The van der Waals surface area contributed by atoms with E-state index >= 15 is 0 Å². The Bertz CT molecular complexity index is 614. The van der Waals surface area contributed by atoms with E-state index in [1.165, 1.54) is 19.1 Å². The van der Waals surface area contributed by atoms with Gasteiger partial charge in [-0.05, 0) is 26.0 Å². The molecule has 6 nitrogen and oxygen atoms in total. The van der Waals surface area contributed by atoms with Crippen molar-refractivity contribution in [3.05, 3.63) is 46.1 Å². The molecule has 0 saturated heterocycles. The van der Waals surface area contributed by atoms with Gasteiger partial charge in [0.1, 0.15) is 5.76 Å². The molecular weight excluding hydrogens is 294 g/mol. The molecule has 1 aromatic rings. The second-order valence-electron chi connectivity index (χ2n) is 4.18. The van der Waals surface area contributed by atoms with Crippen LogP contribution in [-0.4, -0.2) is 33.8 Å². The third-order valence-electron chi connectivity index (χ3n) is 2.73. The number of benzene rings is 1. The summed E-state index contributed by atoms with van der Waals surface area (Å²) < 4.78 is 5.64. The lowest BCUT2D eigenvalue weighted by atomic mass is 10.1. The Morgan fingerprint density at radius 2 is 1.76 bits per heavy atom. The Labute approximate surface area is 125 Å². The number of ether oxygens (including phenoxy) is 1. The lowest BCUT2D eigenvalue weighted by molar-refractivity contribution is -0.137. The molecule has 0 atom stereocenters. The smallest absolute Gasteiger partial charge is 0.349 e. The zero-order chi connectivity index (χ0) is 15.6. The standard InChI is InChI=1S/C14H13NO5S/c1-3-20-14(19)11(8(2)16)21-15-12(17)9-6-4-5-7-10(9)13(15)18/h4-7,16H,3H2,1-2H3/b11-8-. The van der Waals surface area contributed by atoms with E-state index in [0.717, 1.165) is 4.31 Å². The van der Waals surface area contributed by atoms with E-state index in [2.05, 4.69) is 0 Å². The molecule has 0 bridgehead atoms. The first-order chi connectivity index (χ1) is 9.97. The van der Waals surface area contributed by atoms with E-state index in [9.17, 15) is 19.5 Å². The molecule has 0 aromatic heterocycles. The second kappa shape index (κ2) is 6.01. The number of esters is 1. The molecule has 1 aliphatic rings. The van der Waals surface area contributed by atoms with Gasteiger partial charge in [0.15, 0.2) is 4.91 Å². The Morgan fingerprint density at radius 1 is 1.24 bits per heavy atom. The van der Waals surface area contributed by atoms with Gasteiger partial charge in [-0.25, -0.2) is 9.10 Å². The predicted molar refractivity (Wildman–Crippen MR) is 76.5 cm³/mol. The average Bonchev–Trinajstić information content (AvgIpc) is 2.69. The quantitative estimate of drug-likeness (QED) is 0.302. The van der Waals surface area contributed by atoms with Crippen LogP contribution in [0.5, 0.6) is 0 Å². The van der Waals surface area contributed by atoms with Crippen LogP contribution in [0.25, 0.3) is 0 Å². The highest BCUT2D eigenvalue weighted by molar-refractivity contribution is 8.02. The summed E-state index contributed by atoms with van der Waals surface area (Å²) in [6, 6.07) is 6.38. The van der Waals surface area contributed by atoms with Crippen molar-refractivity contribution in [1.82, 2.24) is 4.31 Å². The lowest BCUT2D eigenvalue weighted by Crippen LogP contribution is -2.24. The monoisotopic (exact) mass is 307 g/mol. The minimum Gasteiger partial charge on any atom is -0.511 e. The number of carbonyl (C=O) groups is 3. The maximum absolute atomic E-state index is 12.2. The van der Waals surface area contributed by atoms with Gasteiger partial charge in [0.2, 0.25) is 0 Å². The molecule has 2 amide bonds. The first-order valence-electron chi connectivity index (χ1n) is 6.20. The van der Waals surface area contributed by atoms with Crippen LogP contribution in [0.15, 0.2) is 34.9 Å². The van der Waals surface area contributed by atoms with Crippen LogP contribution in [0.3, 0.4) is 0 Å². The van der Waals surface area contributed by atoms with Crippen molar-refractivity contribution in [2.24, 2.45) is 0 Å². The van der Waals surface area contributed by atoms with Gasteiger partial charge < -0.3 is 9.84 Å². The summed E-state index contributed by atoms with van der Waals surface area (Å²) in [5.41, 5.74) is 0.544. The van der Waals surface area contributed by atoms with Crippen LogP contribution in [0.4, 0.5) is 0 Å². The zero-order valence-corrected chi connectivity index (χ0v) is 12.3. The minimum absolute atomic E-state index is 0.123. The van der Waals surface area contributed by atoms with Crippen molar-refractivity contribution in [2.75, 3.05) is 6.61 Å². The maximum atomic E-state index is 12.2. The Hall–Kier alpha value is -2.28. The highest BCUT2D eigenvalue weighted by Gasteiger charge is 2.38. The van der Waals surface area contributed by atoms with Crippen molar-refractivity contribution >= 4 is 29.7 Å². The van der Waals surface area contributed by atoms with E-state index in [1.54, 1.807) is 19.1 Å². The number of imide groups is 1. The number of amides is 2. The topological polar surface area (TPSA) is 83.9 Å². The molecule has 1 aromatic carbocycles. The average molecular weight is 307 g/mol. The number of aliphatic hydroxyl groups excluding tert-OH is 1. The van der Waals surface area contributed by atoms with E-state index < -0.39 is 17.8 Å². The normalized spacial score (nSPS) is 14.9. The molecular formula is C14H13NO5S. The number of fused-ring (bicyclic) bond motifs is 1. The molecule has 0 radical (unpaired) electrons. The van der Waals surface area contributed by atoms with Gasteiger partial charge in [-0.15, -0.1) is 0 Å². The third-order valence-corrected chi connectivity index (χ3v) is 3.89. The maximum Gasteiger partial charge on any atom is 0.349 e. The van der Waals surface area contributed by atoms with Crippen LogP contribution in [0, 0.1) is 0 Å². The van der Waals surface area contributed by atoms with E-state index in [4.69, 9.17) is 4.74 Å². The fourth-order valence-corrected chi connectivity index (χ4v) is 2.60. The number of rotatable bonds is 4. The third kappa shape index (κ3) is 2.78. The van der Waals surface area contributed by atoms with Crippen molar-refractivity contribution in [3.63, 3.8) is 0 Å². The van der Waals surface area contributed by atoms with E-state index in [-0.39, 0.29) is 28.4 Å². The Balaban J connectivity index is 2.29. The van der Waals surface area contributed by atoms with Gasteiger partial charge in [0, 0.05) is 11.9 Å². The molecule has 0 spiro atoms. The number of carbonyl (C=O) groups excluding carboxylic acids is 3. The summed E-state index contributed by atoms with van der Waals surface area (Å²) in [6.07, 6.45) is 0.